The van der Waals surface area contributed by atoms with Crippen molar-refractivity contribution in [3.8, 4) is 5.75 Å². The Balaban J connectivity index is 2.03. The van der Waals surface area contributed by atoms with E-state index in [2.05, 4.69) is 26.4 Å². The van der Waals surface area contributed by atoms with Gasteiger partial charge in [-0.25, -0.2) is 0 Å². The van der Waals surface area contributed by atoms with E-state index in [1.54, 1.807) is 20.1 Å². The van der Waals surface area contributed by atoms with Crippen LogP contribution in [0.15, 0.2) is 33.3 Å². The number of ether oxygens (including phenoxy) is 1. The molecule has 2 rings (SSSR count). The number of methoxy groups -OCH3 is 1. The monoisotopic (exact) mass is 381 g/mol. The van der Waals surface area contributed by atoms with Crippen LogP contribution in [0.1, 0.15) is 18.2 Å². The van der Waals surface area contributed by atoms with E-state index in [-0.39, 0.29) is 11.9 Å². The van der Waals surface area contributed by atoms with Gasteiger partial charge in [0, 0.05) is 22.6 Å². The van der Waals surface area contributed by atoms with E-state index in [1.807, 2.05) is 37.1 Å². The maximum Gasteiger partial charge on any atom is 0.242 e. The number of aromatic nitrogens is 1. The van der Waals surface area contributed by atoms with Crippen LogP contribution >= 0.6 is 15.9 Å². The van der Waals surface area contributed by atoms with Crippen LogP contribution in [0.2, 0.25) is 0 Å². The van der Waals surface area contributed by atoms with Crippen molar-refractivity contribution in [2.45, 2.75) is 26.4 Å². The lowest BCUT2D eigenvalue weighted by Crippen LogP contribution is -2.39. The van der Waals surface area contributed by atoms with E-state index in [9.17, 15) is 4.79 Å². The van der Waals surface area contributed by atoms with Gasteiger partial charge >= 0.3 is 0 Å². The molecule has 0 saturated heterocycles. The first-order valence-corrected chi connectivity index (χ1v) is 7.97. The van der Waals surface area contributed by atoms with E-state index in [1.165, 1.54) is 0 Å². The Morgan fingerprint density at radius 1 is 1.48 bits per heavy atom. The number of hydrogen-bond acceptors (Lipinski definition) is 5. The second-order valence-electron chi connectivity index (χ2n) is 5.36. The van der Waals surface area contributed by atoms with Gasteiger partial charge in [-0.15, -0.1) is 0 Å². The number of anilines is 1. The average molecular weight is 382 g/mol. The molecule has 0 fully saturated rings. The number of aryl methyl sites for hydroxylation is 1. The minimum Gasteiger partial charge on any atom is -0.496 e. The summed E-state index contributed by atoms with van der Waals surface area (Å²) in [5, 5.41) is 6.51. The number of halogens is 1. The fourth-order valence-corrected chi connectivity index (χ4v) is 2.54. The number of likely N-dealkylation sites (N-methyl/N-ethyl adjacent to an activating group) is 1. The largest absolute Gasteiger partial charge is 0.496 e. The Hall–Kier alpha value is -1.86. The van der Waals surface area contributed by atoms with E-state index >= 15 is 0 Å². The summed E-state index contributed by atoms with van der Waals surface area (Å²) in [6.07, 6.45) is 0. The van der Waals surface area contributed by atoms with Gasteiger partial charge in [-0.3, -0.25) is 9.69 Å². The van der Waals surface area contributed by atoms with Crippen LogP contribution in [0.25, 0.3) is 0 Å². The van der Waals surface area contributed by atoms with Gasteiger partial charge in [0.15, 0.2) is 5.82 Å². The normalized spacial score (nSPS) is 12.3. The summed E-state index contributed by atoms with van der Waals surface area (Å²) in [5.41, 5.74) is 1.00. The molecular formula is C16H20BrN3O3. The molecule has 1 N–H and O–H groups in total. The number of carbonyl (C=O) groups excluding carboxylic acids is 1. The molecule has 1 atom stereocenters. The number of benzene rings is 1. The molecule has 0 saturated carbocycles. The van der Waals surface area contributed by atoms with Gasteiger partial charge in [0.2, 0.25) is 5.91 Å². The van der Waals surface area contributed by atoms with E-state index in [0.717, 1.165) is 15.8 Å². The molecule has 23 heavy (non-hydrogen) atoms. The number of nitrogens with zero attached hydrogens (tertiary/aromatic N) is 2. The second kappa shape index (κ2) is 7.61. The Labute approximate surface area is 143 Å². The molecule has 1 aromatic carbocycles. The number of amides is 1. The van der Waals surface area contributed by atoms with Crippen molar-refractivity contribution in [1.82, 2.24) is 10.1 Å². The first kappa shape index (κ1) is 17.5. The SMILES string of the molecule is COc1ccc(Br)cc1CN(C)[C@H](C)C(=O)Nc1cc(C)on1. The molecule has 1 heterocycles. The highest BCUT2D eigenvalue weighted by Gasteiger charge is 2.20. The van der Waals surface area contributed by atoms with Crippen LogP contribution in [0.4, 0.5) is 5.82 Å². The molecule has 0 aliphatic heterocycles. The quantitative estimate of drug-likeness (QED) is 0.831. The third-order valence-electron chi connectivity index (χ3n) is 3.58. The van der Waals surface area contributed by atoms with Crippen molar-refractivity contribution in [2.24, 2.45) is 0 Å². The Morgan fingerprint density at radius 2 is 2.22 bits per heavy atom. The molecule has 0 bridgehead atoms. The van der Waals surface area contributed by atoms with Crippen LogP contribution in [-0.4, -0.2) is 36.2 Å². The van der Waals surface area contributed by atoms with Crippen LogP contribution in [-0.2, 0) is 11.3 Å². The molecule has 0 unspecified atom stereocenters. The van der Waals surface area contributed by atoms with Crippen molar-refractivity contribution in [2.75, 3.05) is 19.5 Å². The molecule has 0 spiro atoms. The third-order valence-corrected chi connectivity index (χ3v) is 4.08. The number of hydrogen-bond donors (Lipinski definition) is 1. The van der Waals surface area contributed by atoms with Crippen molar-refractivity contribution in [3.05, 3.63) is 40.1 Å². The highest BCUT2D eigenvalue weighted by Crippen LogP contribution is 2.24. The summed E-state index contributed by atoms with van der Waals surface area (Å²) in [6, 6.07) is 7.15. The Bertz CT molecular complexity index is 687. The maximum atomic E-state index is 12.3. The van der Waals surface area contributed by atoms with Gasteiger partial charge in [-0.05, 0) is 39.1 Å². The first-order valence-electron chi connectivity index (χ1n) is 7.17. The highest BCUT2D eigenvalue weighted by molar-refractivity contribution is 9.10. The minimum atomic E-state index is -0.337. The van der Waals surface area contributed by atoms with Crippen molar-refractivity contribution >= 4 is 27.7 Å². The molecule has 124 valence electrons. The molecular weight excluding hydrogens is 362 g/mol. The molecule has 7 heteroatoms. The minimum absolute atomic E-state index is 0.144. The van der Waals surface area contributed by atoms with Crippen LogP contribution in [0, 0.1) is 6.92 Å². The van der Waals surface area contributed by atoms with E-state index in [4.69, 9.17) is 9.26 Å². The van der Waals surface area contributed by atoms with Gasteiger partial charge < -0.3 is 14.6 Å². The molecule has 2 aromatic rings. The standard InChI is InChI=1S/C16H20BrN3O3/c1-10-7-15(19-23-10)18-16(21)11(2)20(3)9-12-8-13(17)5-6-14(12)22-4/h5-8,11H,9H2,1-4H3,(H,18,19,21)/t11-/m1/s1. The van der Waals surface area contributed by atoms with Crippen LogP contribution in [0.3, 0.4) is 0 Å². The zero-order valence-electron chi connectivity index (χ0n) is 13.6. The summed E-state index contributed by atoms with van der Waals surface area (Å²) in [7, 11) is 3.52. The lowest BCUT2D eigenvalue weighted by atomic mass is 10.1. The second-order valence-corrected chi connectivity index (χ2v) is 6.27. The van der Waals surface area contributed by atoms with E-state index in [0.29, 0.717) is 18.1 Å². The lowest BCUT2D eigenvalue weighted by molar-refractivity contribution is -0.120. The van der Waals surface area contributed by atoms with Gasteiger partial charge in [-0.2, -0.15) is 0 Å². The molecule has 0 radical (unpaired) electrons. The van der Waals surface area contributed by atoms with Gasteiger partial charge in [0.05, 0.1) is 13.2 Å². The van der Waals surface area contributed by atoms with Crippen molar-refractivity contribution in [3.63, 3.8) is 0 Å². The summed E-state index contributed by atoms with van der Waals surface area (Å²) in [4.78, 5) is 14.2. The first-order chi connectivity index (χ1) is 10.9. The number of carbonyl (C=O) groups is 1. The zero-order chi connectivity index (χ0) is 17.0. The summed E-state index contributed by atoms with van der Waals surface area (Å²) in [5.74, 6) is 1.72. The predicted octanol–water partition coefficient (Wildman–Crippen LogP) is 3.21. The molecule has 1 aromatic heterocycles. The molecule has 0 aliphatic rings. The molecule has 0 aliphatic carbocycles. The zero-order valence-corrected chi connectivity index (χ0v) is 15.2. The Kier molecular flexibility index (Phi) is 5.79. The van der Waals surface area contributed by atoms with Gasteiger partial charge in [-0.1, -0.05) is 21.1 Å². The molecule has 6 nitrogen and oxygen atoms in total. The smallest absolute Gasteiger partial charge is 0.242 e. The van der Waals surface area contributed by atoms with Gasteiger partial charge in [0.25, 0.3) is 0 Å². The summed E-state index contributed by atoms with van der Waals surface area (Å²) >= 11 is 3.46. The fraction of sp³-hybridized carbons (Fsp3) is 0.375. The van der Waals surface area contributed by atoms with Crippen molar-refractivity contribution in [1.29, 1.82) is 0 Å². The van der Waals surface area contributed by atoms with Crippen molar-refractivity contribution < 1.29 is 14.1 Å². The number of nitrogens with one attached hydrogen (secondary N) is 1. The highest BCUT2D eigenvalue weighted by atomic mass is 79.9. The summed E-state index contributed by atoms with van der Waals surface area (Å²) < 4.78 is 11.3. The lowest BCUT2D eigenvalue weighted by Gasteiger charge is -2.24. The number of rotatable bonds is 6. The maximum absolute atomic E-state index is 12.3. The Morgan fingerprint density at radius 3 is 2.83 bits per heavy atom. The average Bonchev–Trinajstić information content (AvgIpc) is 2.91. The van der Waals surface area contributed by atoms with E-state index < -0.39 is 0 Å². The summed E-state index contributed by atoms with van der Waals surface area (Å²) in [6.45, 7) is 4.19. The van der Waals surface area contributed by atoms with Crippen LogP contribution < -0.4 is 10.1 Å². The molecule has 1 amide bonds. The third kappa shape index (κ3) is 4.56. The van der Waals surface area contributed by atoms with Crippen LogP contribution in [0.5, 0.6) is 5.75 Å². The topological polar surface area (TPSA) is 67.6 Å². The van der Waals surface area contributed by atoms with Gasteiger partial charge in [0.1, 0.15) is 11.5 Å². The predicted molar refractivity (Wildman–Crippen MR) is 91.5 cm³/mol. The fourth-order valence-electron chi connectivity index (χ4n) is 2.13.